The number of ether oxygens (including phenoxy) is 1. The Kier molecular flexibility index (Phi) is 5.62. The first-order chi connectivity index (χ1) is 10.1. The van der Waals surface area contributed by atoms with Gasteiger partial charge in [-0.15, -0.1) is 0 Å². The molecule has 1 unspecified atom stereocenters. The molecule has 1 aliphatic rings. The molecule has 0 radical (unpaired) electrons. The van der Waals surface area contributed by atoms with Crippen LogP contribution in [-0.2, 0) is 4.79 Å². The van der Waals surface area contributed by atoms with E-state index in [-0.39, 0.29) is 24.0 Å². The second kappa shape index (κ2) is 7.46. The Bertz CT molecular complexity index is 467. The van der Waals surface area contributed by atoms with Crippen LogP contribution in [0.4, 0.5) is 0 Å². The van der Waals surface area contributed by atoms with Gasteiger partial charge in [0.15, 0.2) is 0 Å². The molecule has 0 heterocycles. The first kappa shape index (κ1) is 15.8. The first-order valence-electron chi connectivity index (χ1n) is 7.70. The van der Waals surface area contributed by atoms with E-state index in [4.69, 9.17) is 4.74 Å². The van der Waals surface area contributed by atoms with Crippen molar-refractivity contribution in [1.82, 2.24) is 5.32 Å². The molecule has 4 heteroatoms. The molecule has 0 saturated heterocycles. The number of amides is 1. The number of carbonyl (C=O) groups is 1. The van der Waals surface area contributed by atoms with Gasteiger partial charge in [-0.25, -0.2) is 0 Å². The summed E-state index contributed by atoms with van der Waals surface area (Å²) in [7, 11) is 1.65. The number of nitrogens with one attached hydrogen (secondary N) is 1. The van der Waals surface area contributed by atoms with Gasteiger partial charge in [0, 0.05) is 12.5 Å². The molecule has 1 atom stereocenters. The van der Waals surface area contributed by atoms with Crippen molar-refractivity contribution in [3.8, 4) is 5.75 Å². The van der Waals surface area contributed by atoms with Crippen LogP contribution in [0.25, 0.3) is 0 Å². The van der Waals surface area contributed by atoms with Crippen LogP contribution in [-0.4, -0.2) is 30.3 Å². The average Bonchev–Trinajstić information content (AvgIpc) is 2.49. The molecule has 1 fully saturated rings. The van der Waals surface area contributed by atoms with Gasteiger partial charge in [-0.3, -0.25) is 4.79 Å². The lowest BCUT2D eigenvalue weighted by atomic mass is 9.92. The monoisotopic (exact) mass is 291 g/mol. The second-order valence-electron chi connectivity index (χ2n) is 5.92. The van der Waals surface area contributed by atoms with Crippen molar-refractivity contribution in [2.45, 2.75) is 57.1 Å². The lowest BCUT2D eigenvalue weighted by Crippen LogP contribution is -2.38. The van der Waals surface area contributed by atoms with Gasteiger partial charge in [0.2, 0.25) is 5.91 Å². The highest BCUT2D eigenvalue weighted by molar-refractivity contribution is 5.77. The zero-order valence-electron chi connectivity index (χ0n) is 12.8. The summed E-state index contributed by atoms with van der Waals surface area (Å²) >= 11 is 0. The van der Waals surface area contributed by atoms with Crippen LogP contribution >= 0.6 is 0 Å². The minimum Gasteiger partial charge on any atom is -0.496 e. The Morgan fingerprint density at radius 3 is 2.67 bits per heavy atom. The maximum absolute atomic E-state index is 12.2. The lowest BCUT2D eigenvalue weighted by molar-refractivity contribution is -0.122. The predicted molar refractivity (Wildman–Crippen MR) is 82.4 cm³/mol. The van der Waals surface area contributed by atoms with Crippen molar-refractivity contribution in [3.63, 3.8) is 0 Å². The number of methoxy groups -OCH3 is 1. The molecule has 1 aliphatic carbocycles. The molecule has 2 N–H and O–H groups in total. The van der Waals surface area contributed by atoms with E-state index in [1.807, 2.05) is 31.2 Å². The normalized spacial score (nSPS) is 23.4. The molecule has 4 nitrogen and oxygen atoms in total. The van der Waals surface area contributed by atoms with Crippen molar-refractivity contribution in [3.05, 3.63) is 29.8 Å². The minimum absolute atomic E-state index is 0.0785. The Morgan fingerprint density at radius 2 is 2.00 bits per heavy atom. The second-order valence-corrected chi connectivity index (χ2v) is 5.92. The molecule has 2 rings (SSSR count). The molecule has 1 aromatic carbocycles. The quantitative estimate of drug-likeness (QED) is 0.876. The topological polar surface area (TPSA) is 58.6 Å². The number of hydrogen-bond donors (Lipinski definition) is 2. The van der Waals surface area contributed by atoms with Gasteiger partial charge in [-0.05, 0) is 43.2 Å². The van der Waals surface area contributed by atoms with E-state index in [2.05, 4.69) is 5.32 Å². The third-order valence-corrected chi connectivity index (χ3v) is 4.22. The molecule has 0 aromatic heterocycles. The van der Waals surface area contributed by atoms with Crippen molar-refractivity contribution in [2.75, 3.05) is 7.11 Å². The molecule has 116 valence electrons. The zero-order chi connectivity index (χ0) is 15.2. The highest BCUT2D eigenvalue weighted by Gasteiger charge is 2.22. The van der Waals surface area contributed by atoms with Gasteiger partial charge in [0.1, 0.15) is 5.75 Å². The SMILES string of the molecule is COc1ccccc1C(C)CC(=O)NC1CCC(O)CC1. The van der Waals surface area contributed by atoms with E-state index in [1.165, 1.54) is 0 Å². The van der Waals surface area contributed by atoms with Crippen LogP contribution in [0.5, 0.6) is 5.75 Å². The summed E-state index contributed by atoms with van der Waals surface area (Å²) in [6, 6.07) is 8.04. The molecular formula is C17H25NO3. The largest absolute Gasteiger partial charge is 0.496 e. The van der Waals surface area contributed by atoms with E-state index in [0.717, 1.165) is 37.0 Å². The van der Waals surface area contributed by atoms with Crippen molar-refractivity contribution in [1.29, 1.82) is 0 Å². The minimum atomic E-state index is -0.189. The average molecular weight is 291 g/mol. The molecule has 21 heavy (non-hydrogen) atoms. The predicted octanol–water partition coefficient (Wildman–Crippen LogP) is 2.61. The number of aliphatic hydroxyl groups is 1. The summed E-state index contributed by atoms with van der Waals surface area (Å²) in [4.78, 5) is 12.2. The summed E-state index contributed by atoms with van der Waals surface area (Å²) in [5, 5.41) is 12.6. The van der Waals surface area contributed by atoms with Crippen LogP contribution in [0.2, 0.25) is 0 Å². The van der Waals surface area contributed by atoms with Gasteiger partial charge in [0.25, 0.3) is 0 Å². The van der Waals surface area contributed by atoms with Gasteiger partial charge in [0.05, 0.1) is 13.2 Å². The molecule has 0 spiro atoms. The lowest BCUT2D eigenvalue weighted by Gasteiger charge is -2.26. The van der Waals surface area contributed by atoms with Crippen LogP contribution in [0, 0.1) is 0 Å². The Hall–Kier alpha value is -1.55. The van der Waals surface area contributed by atoms with E-state index in [0.29, 0.717) is 6.42 Å². The van der Waals surface area contributed by atoms with E-state index in [1.54, 1.807) is 7.11 Å². The number of para-hydroxylation sites is 1. The summed E-state index contributed by atoms with van der Waals surface area (Å²) in [5.41, 5.74) is 1.06. The van der Waals surface area contributed by atoms with E-state index < -0.39 is 0 Å². The summed E-state index contributed by atoms with van der Waals surface area (Å²) in [6.07, 6.45) is 3.58. The molecule has 0 bridgehead atoms. The van der Waals surface area contributed by atoms with Crippen molar-refractivity contribution in [2.24, 2.45) is 0 Å². The molecule has 1 amide bonds. The maximum atomic E-state index is 12.2. The Balaban J connectivity index is 1.87. The highest BCUT2D eigenvalue weighted by atomic mass is 16.5. The number of hydrogen-bond acceptors (Lipinski definition) is 3. The Labute approximate surface area is 126 Å². The fraction of sp³-hybridized carbons (Fsp3) is 0.588. The summed E-state index contributed by atoms with van der Waals surface area (Å²) in [6.45, 7) is 2.04. The van der Waals surface area contributed by atoms with Crippen LogP contribution in [0.15, 0.2) is 24.3 Å². The van der Waals surface area contributed by atoms with Gasteiger partial charge >= 0.3 is 0 Å². The van der Waals surface area contributed by atoms with E-state index in [9.17, 15) is 9.90 Å². The highest BCUT2D eigenvalue weighted by Crippen LogP contribution is 2.28. The number of aliphatic hydroxyl groups excluding tert-OH is 1. The third-order valence-electron chi connectivity index (χ3n) is 4.22. The number of carbonyl (C=O) groups excluding carboxylic acids is 1. The summed E-state index contributed by atoms with van der Waals surface area (Å²) < 4.78 is 5.35. The van der Waals surface area contributed by atoms with Crippen LogP contribution < -0.4 is 10.1 Å². The van der Waals surface area contributed by atoms with Gasteiger partial charge < -0.3 is 15.2 Å². The maximum Gasteiger partial charge on any atom is 0.220 e. The van der Waals surface area contributed by atoms with Crippen molar-refractivity contribution < 1.29 is 14.6 Å². The Morgan fingerprint density at radius 1 is 1.33 bits per heavy atom. The smallest absolute Gasteiger partial charge is 0.220 e. The van der Waals surface area contributed by atoms with Gasteiger partial charge in [-0.1, -0.05) is 25.1 Å². The molecule has 1 saturated carbocycles. The molecular weight excluding hydrogens is 266 g/mol. The van der Waals surface area contributed by atoms with E-state index >= 15 is 0 Å². The number of benzene rings is 1. The van der Waals surface area contributed by atoms with Crippen LogP contribution in [0.3, 0.4) is 0 Å². The van der Waals surface area contributed by atoms with Gasteiger partial charge in [-0.2, -0.15) is 0 Å². The zero-order valence-corrected chi connectivity index (χ0v) is 12.8. The third kappa shape index (κ3) is 4.46. The van der Waals surface area contributed by atoms with Crippen LogP contribution in [0.1, 0.15) is 50.5 Å². The number of rotatable bonds is 5. The fourth-order valence-corrected chi connectivity index (χ4v) is 2.97. The standard InChI is InChI=1S/C17H25NO3/c1-12(15-5-3-4-6-16(15)21-2)11-17(20)18-13-7-9-14(19)10-8-13/h3-6,12-14,19H,7-11H2,1-2H3,(H,18,20). The fourth-order valence-electron chi connectivity index (χ4n) is 2.97. The van der Waals surface area contributed by atoms with Crippen molar-refractivity contribution >= 4 is 5.91 Å². The summed E-state index contributed by atoms with van der Waals surface area (Å²) in [5.74, 6) is 1.03. The molecule has 1 aromatic rings. The molecule has 0 aliphatic heterocycles. The first-order valence-corrected chi connectivity index (χ1v) is 7.70.